The summed E-state index contributed by atoms with van der Waals surface area (Å²) < 4.78 is 5.16. The normalized spacial score (nSPS) is 11.8. The van der Waals surface area contributed by atoms with Crippen LogP contribution in [0.1, 0.15) is 31.9 Å². The predicted octanol–water partition coefficient (Wildman–Crippen LogP) is 4.49. The number of methoxy groups -OCH3 is 1. The van der Waals surface area contributed by atoms with E-state index in [0.29, 0.717) is 21.4 Å². The van der Waals surface area contributed by atoms with Gasteiger partial charge in [0.2, 0.25) is 11.8 Å². The highest BCUT2D eigenvalue weighted by molar-refractivity contribution is 6.36. The highest BCUT2D eigenvalue weighted by Crippen LogP contribution is 2.27. The van der Waals surface area contributed by atoms with Gasteiger partial charge in [-0.25, -0.2) is 0 Å². The summed E-state index contributed by atoms with van der Waals surface area (Å²) in [5, 5.41) is 3.77. The number of hydrogen-bond acceptors (Lipinski definition) is 3. The summed E-state index contributed by atoms with van der Waals surface area (Å²) in [6.07, 6.45) is 0.144. The van der Waals surface area contributed by atoms with Crippen molar-refractivity contribution in [2.24, 2.45) is 0 Å². The maximum Gasteiger partial charge on any atom is 0.242 e. The molecule has 1 atom stereocenters. The van der Waals surface area contributed by atoms with Crippen molar-refractivity contribution >= 4 is 35.0 Å². The molecule has 0 aromatic heterocycles. The molecule has 0 aliphatic carbocycles. The van der Waals surface area contributed by atoms with E-state index in [-0.39, 0.29) is 30.8 Å². The molecule has 0 saturated heterocycles. The average molecular weight is 437 g/mol. The van der Waals surface area contributed by atoms with Gasteiger partial charge in [0.15, 0.2) is 0 Å². The Bertz CT molecular complexity index is 833. The van der Waals surface area contributed by atoms with Crippen LogP contribution in [0.2, 0.25) is 10.0 Å². The lowest BCUT2D eigenvalue weighted by atomic mass is 10.1. The number of hydrogen-bond donors (Lipinski definition) is 1. The van der Waals surface area contributed by atoms with E-state index in [9.17, 15) is 9.59 Å². The Labute approximate surface area is 181 Å². The standard InChI is InChI=1S/C22H26Cl2N2O3/c1-14(2)25-22(28)15(3)26(13-18-19(23)6-5-7-20(18)24)21(27)12-16-8-10-17(29-4)11-9-16/h5-11,14-15H,12-13H2,1-4H3,(H,25,28). The Morgan fingerprint density at radius 2 is 1.62 bits per heavy atom. The molecule has 1 unspecified atom stereocenters. The zero-order valence-corrected chi connectivity index (χ0v) is 18.6. The van der Waals surface area contributed by atoms with Crippen molar-refractivity contribution in [1.29, 1.82) is 0 Å². The van der Waals surface area contributed by atoms with Gasteiger partial charge in [0.05, 0.1) is 13.5 Å². The van der Waals surface area contributed by atoms with E-state index in [1.807, 2.05) is 26.0 Å². The molecule has 0 aliphatic heterocycles. The molecule has 0 bridgehead atoms. The number of nitrogens with zero attached hydrogens (tertiary/aromatic N) is 1. The van der Waals surface area contributed by atoms with Crippen LogP contribution in [0.4, 0.5) is 0 Å². The van der Waals surface area contributed by atoms with E-state index in [4.69, 9.17) is 27.9 Å². The van der Waals surface area contributed by atoms with Crippen LogP contribution in [0.3, 0.4) is 0 Å². The van der Waals surface area contributed by atoms with Crippen LogP contribution < -0.4 is 10.1 Å². The van der Waals surface area contributed by atoms with E-state index in [1.165, 1.54) is 4.90 Å². The van der Waals surface area contributed by atoms with Gasteiger partial charge in [0.1, 0.15) is 11.8 Å². The Morgan fingerprint density at radius 3 is 2.14 bits per heavy atom. The summed E-state index contributed by atoms with van der Waals surface area (Å²) in [4.78, 5) is 27.3. The lowest BCUT2D eigenvalue weighted by Crippen LogP contribution is -2.49. The first-order valence-electron chi connectivity index (χ1n) is 9.38. The molecule has 0 aliphatic rings. The predicted molar refractivity (Wildman–Crippen MR) is 116 cm³/mol. The summed E-state index contributed by atoms with van der Waals surface area (Å²) >= 11 is 12.6. The SMILES string of the molecule is COc1ccc(CC(=O)N(Cc2c(Cl)cccc2Cl)C(C)C(=O)NC(C)C)cc1. The van der Waals surface area contributed by atoms with E-state index >= 15 is 0 Å². The minimum absolute atomic E-state index is 0.0348. The quantitative estimate of drug-likeness (QED) is 0.662. The third-order valence-electron chi connectivity index (χ3n) is 4.50. The molecule has 0 spiro atoms. The summed E-state index contributed by atoms with van der Waals surface area (Å²) in [6.45, 7) is 5.59. The van der Waals surface area contributed by atoms with E-state index in [0.717, 1.165) is 5.56 Å². The Morgan fingerprint density at radius 1 is 1.03 bits per heavy atom. The van der Waals surface area contributed by atoms with Crippen molar-refractivity contribution in [1.82, 2.24) is 10.2 Å². The van der Waals surface area contributed by atoms with Crippen molar-refractivity contribution in [3.05, 3.63) is 63.6 Å². The second-order valence-electron chi connectivity index (χ2n) is 7.09. The van der Waals surface area contributed by atoms with Crippen molar-refractivity contribution < 1.29 is 14.3 Å². The summed E-state index contributed by atoms with van der Waals surface area (Å²) in [5.41, 5.74) is 1.44. The zero-order valence-electron chi connectivity index (χ0n) is 17.0. The van der Waals surface area contributed by atoms with Crippen molar-refractivity contribution in [3.63, 3.8) is 0 Å². The largest absolute Gasteiger partial charge is 0.497 e. The molecule has 2 amide bonds. The summed E-state index contributed by atoms with van der Waals surface area (Å²) in [5.74, 6) is 0.286. The molecule has 7 heteroatoms. The van der Waals surface area contributed by atoms with Crippen LogP contribution in [0.15, 0.2) is 42.5 Å². The molecule has 2 rings (SSSR count). The smallest absolute Gasteiger partial charge is 0.242 e. The highest BCUT2D eigenvalue weighted by atomic mass is 35.5. The molecular formula is C22H26Cl2N2O3. The lowest BCUT2D eigenvalue weighted by Gasteiger charge is -2.30. The third kappa shape index (κ3) is 6.38. The van der Waals surface area contributed by atoms with Crippen LogP contribution in [0.25, 0.3) is 0 Å². The molecule has 5 nitrogen and oxygen atoms in total. The van der Waals surface area contributed by atoms with Crippen LogP contribution in [-0.2, 0) is 22.6 Å². The van der Waals surface area contributed by atoms with Gasteiger partial charge in [-0.2, -0.15) is 0 Å². The fourth-order valence-corrected chi connectivity index (χ4v) is 3.38. The highest BCUT2D eigenvalue weighted by Gasteiger charge is 2.27. The summed E-state index contributed by atoms with van der Waals surface area (Å²) in [6, 6.07) is 11.7. The number of nitrogens with one attached hydrogen (secondary N) is 1. The number of halogens is 2. The molecular weight excluding hydrogens is 411 g/mol. The van der Waals surface area contributed by atoms with E-state index in [2.05, 4.69) is 5.32 Å². The molecule has 0 fully saturated rings. The third-order valence-corrected chi connectivity index (χ3v) is 5.21. The first kappa shape index (κ1) is 23.0. The number of carbonyl (C=O) groups excluding carboxylic acids is 2. The van der Waals surface area contributed by atoms with Gasteiger partial charge in [-0.1, -0.05) is 41.4 Å². The van der Waals surface area contributed by atoms with Gasteiger partial charge in [0.25, 0.3) is 0 Å². The van der Waals surface area contributed by atoms with Crippen LogP contribution in [0, 0.1) is 0 Å². The molecule has 156 valence electrons. The van der Waals surface area contributed by atoms with E-state index in [1.54, 1.807) is 44.4 Å². The van der Waals surface area contributed by atoms with Gasteiger partial charge >= 0.3 is 0 Å². The topological polar surface area (TPSA) is 58.6 Å². The maximum absolute atomic E-state index is 13.2. The molecule has 29 heavy (non-hydrogen) atoms. The van der Waals surface area contributed by atoms with Crippen LogP contribution >= 0.6 is 23.2 Å². The van der Waals surface area contributed by atoms with Gasteiger partial charge in [-0.05, 0) is 50.6 Å². The van der Waals surface area contributed by atoms with Crippen LogP contribution in [-0.4, -0.2) is 35.9 Å². The Balaban J connectivity index is 2.29. The van der Waals surface area contributed by atoms with Crippen molar-refractivity contribution in [2.45, 2.75) is 45.8 Å². The number of benzene rings is 2. The number of carbonyl (C=O) groups is 2. The zero-order chi connectivity index (χ0) is 21.6. The Hall–Kier alpha value is -2.24. The second-order valence-corrected chi connectivity index (χ2v) is 7.90. The fraction of sp³-hybridized carbons (Fsp3) is 0.364. The van der Waals surface area contributed by atoms with Gasteiger partial charge in [-0.3, -0.25) is 9.59 Å². The molecule has 2 aromatic carbocycles. The molecule has 0 radical (unpaired) electrons. The number of amides is 2. The van der Waals surface area contributed by atoms with Gasteiger partial charge < -0.3 is 15.0 Å². The van der Waals surface area contributed by atoms with E-state index < -0.39 is 6.04 Å². The van der Waals surface area contributed by atoms with Gasteiger partial charge in [0, 0.05) is 28.2 Å². The molecule has 0 heterocycles. The molecule has 1 N–H and O–H groups in total. The minimum Gasteiger partial charge on any atom is -0.497 e. The lowest BCUT2D eigenvalue weighted by molar-refractivity contribution is -0.140. The molecule has 2 aromatic rings. The average Bonchev–Trinajstić information content (AvgIpc) is 2.67. The monoisotopic (exact) mass is 436 g/mol. The van der Waals surface area contributed by atoms with Crippen LogP contribution in [0.5, 0.6) is 5.75 Å². The summed E-state index contributed by atoms with van der Waals surface area (Å²) in [7, 11) is 1.59. The van der Waals surface area contributed by atoms with Crippen molar-refractivity contribution in [2.75, 3.05) is 7.11 Å². The maximum atomic E-state index is 13.2. The first-order valence-corrected chi connectivity index (χ1v) is 10.1. The molecule has 0 saturated carbocycles. The first-order chi connectivity index (χ1) is 13.7. The second kappa shape index (κ2) is 10.5. The number of ether oxygens (including phenoxy) is 1. The number of rotatable bonds is 8. The Kier molecular flexibility index (Phi) is 8.35. The van der Waals surface area contributed by atoms with Crippen molar-refractivity contribution in [3.8, 4) is 5.75 Å². The fourth-order valence-electron chi connectivity index (χ4n) is 2.86. The minimum atomic E-state index is -0.685. The van der Waals surface area contributed by atoms with Gasteiger partial charge in [-0.15, -0.1) is 0 Å².